The van der Waals surface area contributed by atoms with Crippen LogP contribution in [0.3, 0.4) is 0 Å². The highest BCUT2D eigenvalue weighted by Gasteiger charge is 2.09. The van der Waals surface area contributed by atoms with E-state index in [2.05, 4.69) is 36.9 Å². The van der Waals surface area contributed by atoms with Gasteiger partial charge in [-0.05, 0) is 25.0 Å². The first kappa shape index (κ1) is 33.3. The van der Waals surface area contributed by atoms with E-state index in [1.807, 2.05) is 6.07 Å². The van der Waals surface area contributed by atoms with Gasteiger partial charge in [0.2, 0.25) is 0 Å². The fourth-order valence-corrected chi connectivity index (χ4v) is 5.60. The molecule has 0 atom stereocenters. The molecule has 0 aliphatic carbocycles. The van der Waals surface area contributed by atoms with Gasteiger partial charge in [0.25, 0.3) is 0 Å². The Hall–Kier alpha value is -0.690. The first-order chi connectivity index (χ1) is 17.8. The number of para-hydroxylation sites is 1. The smallest absolute Gasteiger partial charge is 0.0639 e. The molecule has 0 fully saturated rings. The fourth-order valence-electron chi connectivity index (χ4n) is 5.35. The summed E-state index contributed by atoms with van der Waals surface area (Å²) in [6.45, 7) is 6.90. The van der Waals surface area contributed by atoms with Gasteiger partial charge in [0.05, 0.1) is 10.7 Å². The minimum absolute atomic E-state index is 0.912. The summed E-state index contributed by atoms with van der Waals surface area (Å²) in [7, 11) is 0. The van der Waals surface area contributed by atoms with Gasteiger partial charge in [0.1, 0.15) is 0 Å². The van der Waals surface area contributed by atoms with Crippen molar-refractivity contribution in [1.29, 1.82) is 0 Å². The van der Waals surface area contributed by atoms with E-state index in [-0.39, 0.29) is 0 Å². The molecule has 1 rings (SSSR count). The summed E-state index contributed by atoms with van der Waals surface area (Å²) < 4.78 is 0. The minimum atomic E-state index is 0.912. The molecule has 0 saturated carbocycles. The van der Waals surface area contributed by atoms with Gasteiger partial charge in [-0.25, -0.2) is 0 Å². The molecular formula is C34H62ClN. The number of hydrogen-bond donors (Lipinski definition) is 0. The maximum atomic E-state index is 6.58. The predicted molar refractivity (Wildman–Crippen MR) is 166 cm³/mol. The van der Waals surface area contributed by atoms with Crippen LogP contribution in [0.1, 0.15) is 168 Å². The summed E-state index contributed by atoms with van der Waals surface area (Å²) in [5.41, 5.74) is 1.24. The van der Waals surface area contributed by atoms with Gasteiger partial charge in [0, 0.05) is 13.1 Å². The van der Waals surface area contributed by atoms with Crippen molar-refractivity contribution in [2.24, 2.45) is 0 Å². The molecule has 2 heteroatoms. The highest BCUT2D eigenvalue weighted by molar-refractivity contribution is 6.33. The molecule has 210 valence electrons. The standard InChI is InChI=1S/C34H62ClN/c1-3-5-7-9-11-13-15-17-19-21-23-27-31-36(34-30-26-25-29-33(34)35)32-28-24-22-20-18-16-14-12-10-8-6-4-2/h25-26,29-30H,3-24,27-28,31-32H2,1-2H3. The lowest BCUT2D eigenvalue weighted by Crippen LogP contribution is -2.26. The second-order valence-electron chi connectivity index (χ2n) is 11.2. The van der Waals surface area contributed by atoms with E-state index in [9.17, 15) is 0 Å². The summed E-state index contributed by atoms with van der Waals surface area (Å²) in [4.78, 5) is 2.56. The molecule has 0 aliphatic rings. The Kier molecular flexibility index (Phi) is 24.0. The predicted octanol–water partition coefficient (Wildman–Crippen LogP) is 12.5. The van der Waals surface area contributed by atoms with Crippen LogP contribution in [0.25, 0.3) is 0 Å². The molecule has 1 aromatic rings. The average molecular weight is 520 g/mol. The lowest BCUT2D eigenvalue weighted by molar-refractivity contribution is 0.535. The zero-order valence-corrected chi connectivity index (χ0v) is 25.3. The maximum absolute atomic E-state index is 6.58. The van der Waals surface area contributed by atoms with E-state index in [0.717, 1.165) is 18.1 Å². The third kappa shape index (κ3) is 19.4. The molecule has 0 radical (unpaired) electrons. The monoisotopic (exact) mass is 519 g/mol. The van der Waals surface area contributed by atoms with Crippen molar-refractivity contribution in [2.45, 2.75) is 168 Å². The normalized spacial score (nSPS) is 11.3. The van der Waals surface area contributed by atoms with Gasteiger partial charge in [-0.1, -0.05) is 179 Å². The number of hydrogen-bond acceptors (Lipinski definition) is 1. The molecular weight excluding hydrogens is 458 g/mol. The Balaban J connectivity index is 2.12. The Labute approximate surface area is 232 Å². The van der Waals surface area contributed by atoms with Crippen LogP contribution in [-0.4, -0.2) is 13.1 Å². The second kappa shape index (κ2) is 25.9. The molecule has 0 N–H and O–H groups in total. The first-order valence-electron chi connectivity index (χ1n) is 16.3. The van der Waals surface area contributed by atoms with Gasteiger partial charge >= 0.3 is 0 Å². The Morgan fingerprint density at radius 1 is 0.444 bits per heavy atom. The van der Waals surface area contributed by atoms with E-state index < -0.39 is 0 Å². The zero-order valence-electron chi connectivity index (χ0n) is 24.5. The largest absolute Gasteiger partial charge is 0.370 e. The van der Waals surface area contributed by atoms with Crippen LogP contribution in [0.4, 0.5) is 5.69 Å². The lowest BCUT2D eigenvalue weighted by Gasteiger charge is -2.26. The molecule has 36 heavy (non-hydrogen) atoms. The third-order valence-corrected chi connectivity index (χ3v) is 8.08. The van der Waals surface area contributed by atoms with E-state index >= 15 is 0 Å². The van der Waals surface area contributed by atoms with Crippen molar-refractivity contribution >= 4 is 17.3 Å². The SMILES string of the molecule is CCCCCCCCCCCCCCN(CCCCCCCCCCCCCC)c1ccccc1Cl. The molecule has 0 saturated heterocycles. The van der Waals surface area contributed by atoms with Crippen molar-refractivity contribution in [1.82, 2.24) is 0 Å². The topological polar surface area (TPSA) is 3.24 Å². The lowest BCUT2D eigenvalue weighted by atomic mass is 10.0. The van der Waals surface area contributed by atoms with Crippen LogP contribution in [0.5, 0.6) is 0 Å². The minimum Gasteiger partial charge on any atom is -0.370 e. The Morgan fingerprint density at radius 2 is 0.750 bits per heavy atom. The first-order valence-corrected chi connectivity index (χ1v) is 16.7. The average Bonchev–Trinajstić information content (AvgIpc) is 2.89. The molecule has 0 aliphatic heterocycles. The van der Waals surface area contributed by atoms with E-state index in [1.165, 1.54) is 160 Å². The van der Waals surface area contributed by atoms with Gasteiger partial charge in [-0.3, -0.25) is 0 Å². The summed E-state index contributed by atoms with van der Waals surface area (Å²) in [5.74, 6) is 0. The second-order valence-corrected chi connectivity index (χ2v) is 11.6. The Morgan fingerprint density at radius 3 is 1.08 bits per heavy atom. The van der Waals surface area contributed by atoms with Gasteiger partial charge in [-0.2, -0.15) is 0 Å². The van der Waals surface area contributed by atoms with E-state index in [4.69, 9.17) is 11.6 Å². The summed E-state index contributed by atoms with van der Waals surface area (Å²) >= 11 is 6.58. The molecule has 0 spiro atoms. The number of halogens is 1. The third-order valence-electron chi connectivity index (χ3n) is 7.76. The van der Waals surface area contributed by atoms with Crippen molar-refractivity contribution in [2.75, 3.05) is 18.0 Å². The van der Waals surface area contributed by atoms with Crippen LogP contribution in [0, 0.1) is 0 Å². The van der Waals surface area contributed by atoms with E-state index in [1.54, 1.807) is 0 Å². The van der Waals surface area contributed by atoms with Gasteiger partial charge in [0.15, 0.2) is 0 Å². The van der Waals surface area contributed by atoms with Crippen molar-refractivity contribution in [3.05, 3.63) is 29.3 Å². The molecule has 0 unspecified atom stereocenters. The number of unbranched alkanes of at least 4 members (excludes halogenated alkanes) is 22. The van der Waals surface area contributed by atoms with Gasteiger partial charge < -0.3 is 4.90 Å². The van der Waals surface area contributed by atoms with Crippen LogP contribution in [0.2, 0.25) is 5.02 Å². The van der Waals surface area contributed by atoms with Crippen molar-refractivity contribution < 1.29 is 0 Å². The van der Waals surface area contributed by atoms with E-state index in [0.29, 0.717) is 0 Å². The Bertz CT molecular complexity index is 544. The molecule has 0 aromatic heterocycles. The number of nitrogens with zero attached hydrogens (tertiary/aromatic N) is 1. The van der Waals surface area contributed by atoms with Crippen molar-refractivity contribution in [3.63, 3.8) is 0 Å². The molecule has 0 heterocycles. The summed E-state index contributed by atoms with van der Waals surface area (Å²) in [5, 5.41) is 0.912. The summed E-state index contributed by atoms with van der Waals surface area (Å²) in [6, 6.07) is 8.45. The summed E-state index contributed by atoms with van der Waals surface area (Å²) in [6.07, 6.45) is 33.8. The van der Waals surface area contributed by atoms with Crippen LogP contribution < -0.4 is 4.90 Å². The van der Waals surface area contributed by atoms with Crippen LogP contribution in [-0.2, 0) is 0 Å². The van der Waals surface area contributed by atoms with Crippen molar-refractivity contribution in [3.8, 4) is 0 Å². The highest BCUT2D eigenvalue weighted by Crippen LogP contribution is 2.26. The fraction of sp³-hybridized carbons (Fsp3) is 0.824. The molecule has 0 amide bonds. The quantitative estimate of drug-likeness (QED) is 0.104. The number of anilines is 1. The molecule has 0 bridgehead atoms. The highest BCUT2D eigenvalue weighted by atomic mass is 35.5. The molecule has 1 nitrogen and oxygen atoms in total. The van der Waals surface area contributed by atoms with Gasteiger partial charge in [-0.15, -0.1) is 0 Å². The maximum Gasteiger partial charge on any atom is 0.0639 e. The van der Waals surface area contributed by atoms with Crippen LogP contribution in [0.15, 0.2) is 24.3 Å². The number of benzene rings is 1. The number of rotatable bonds is 27. The zero-order chi connectivity index (χ0) is 25.9. The van der Waals surface area contributed by atoms with Crippen LogP contribution >= 0.6 is 11.6 Å². The molecule has 1 aromatic carbocycles.